The predicted molar refractivity (Wildman–Crippen MR) is 180 cm³/mol. The Labute approximate surface area is 291 Å². The van der Waals surface area contributed by atoms with Crippen LogP contribution in [0.15, 0.2) is 23.8 Å². The van der Waals surface area contributed by atoms with Gasteiger partial charge in [0.2, 0.25) is 0 Å². The second kappa shape index (κ2) is 15.5. The van der Waals surface area contributed by atoms with E-state index in [0.717, 1.165) is 32.1 Å². The van der Waals surface area contributed by atoms with Crippen molar-refractivity contribution in [3.8, 4) is 0 Å². The van der Waals surface area contributed by atoms with E-state index in [1.54, 1.807) is 6.92 Å². The zero-order valence-electron chi connectivity index (χ0n) is 30.1. The van der Waals surface area contributed by atoms with Gasteiger partial charge >= 0.3 is 5.97 Å². The zero-order valence-corrected chi connectivity index (χ0v) is 30.1. The summed E-state index contributed by atoms with van der Waals surface area (Å²) in [5.74, 6) is -0.476. The molecule has 0 aromatic carbocycles. The molecule has 11 nitrogen and oxygen atoms in total. The Bertz CT molecular complexity index is 1240. The van der Waals surface area contributed by atoms with Crippen molar-refractivity contribution in [1.29, 1.82) is 0 Å². The maximum Gasteiger partial charge on any atom is 0.306 e. The summed E-state index contributed by atoms with van der Waals surface area (Å²) in [5.41, 5.74) is 0.707. The number of cyclic esters (lactones) is 1. The average molecular weight is 690 g/mol. The minimum absolute atomic E-state index is 0.0138. The Hall–Kier alpha value is -1.70. The SMILES string of the molecule is CC[C@H]1CCCC(OC2CC[C@@H](N(C)C)[C@@H](C)O2)[C@@H](C)C(=O)C2=CC3C(C=CC4C[C@@H](OC5O[C@@H](C)[C@H](O)[C@@H](O)[C@@H]5O)CC43)C2CC(=O)O1. The molecular weight excluding hydrogens is 630 g/mol. The number of allylic oxidation sites excluding steroid dienone is 4. The molecule has 0 radical (unpaired) electrons. The van der Waals surface area contributed by atoms with Crippen molar-refractivity contribution in [2.45, 2.75) is 153 Å². The zero-order chi connectivity index (χ0) is 35.1. The molecule has 3 heterocycles. The van der Waals surface area contributed by atoms with E-state index < -0.39 is 36.6 Å². The predicted octanol–water partition coefficient (Wildman–Crippen LogP) is 3.53. The third-order valence-electron chi connectivity index (χ3n) is 12.5. The highest BCUT2D eigenvalue weighted by molar-refractivity contribution is 5.99. The molecule has 3 saturated heterocycles. The molecule has 6 rings (SSSR count). The number of nitrogens with zero attached hydrogens (tertiary/aromatic N) is 1. The van der Waals surface area contributed by atoms with E-state index in [-0.39, 0.29) is 78.5 Å². The molecule has 3 N–H and O–H groups in total. The first kappa shape index (κ1) is 37.1. The number of ether oxygens (including phenoxy) is 5. The highest BCUT2D eigenvalue weighted by Crippen LogP contribution is 2.54. The number of hydrogen-bond acceptors (Lipinski definition) is 11. The first-order valence-corrected chi connectivity index (χ1v) is 18.8. The molecule has 0 amide bonds. The number of Topliss-reactive ketones (excluding diaryl/α,β-unsaturated/α-hetero) is 1. The molecule has 8 unspecified atom stereocenters. The average Bonchev–Trinajstić information content (AvgIpc) is 3.64. The summed E-state index contributed by atoms with van der Waals surface area (Å²) in [4.78, 5) is 30.1. The number of aliphatic hydroxyl groups is 3. The quantitative estimate of drug-likeness (QED) is 0.278. The van der Waals surface area contributed by atoms with Crippen LogP contribution in [0.1, 0.15) is 85.5 Å². The Morgan fingerprint density at radius 2 is 1.65 bits per heavy atom. The summed E-state index contributed by atoms with van der Waals surface area (Å²) in [6.07, 6.45) is 6.09. The Morgan fingerprint density at radius 1 is 0.878 bits per heavy atom. The molecule has 17 atom stereocenters. The first-order chi connectivity index (χ1) is 23.4. The molecule has 0 spiro atoms. The Balaban J connectivity index is 1.21. The van der Waals surface area contributed by atoms with Crippen molar-refractivity contribution in [1.82, 2.24) is 4.90 Å². The number of likely N-dealkylation sites (N-methyl/N-ethyl adjacent to an activating group) is 1. The Kier molecular flexibility index (Phi) is 11.7. The molecule has 1 saturated carbocycles. The van der Waals surface area contributed by atoms with Crippen molar-refractivity contribution >= 4 is 11.8 Å². The summed E-state index contributed by atoms with van der Waals surface area (Å²) in [7, 11) is 4.14. The van der Waals surface area contributed by atoms with Gasteiger partial charge in [0.25, 0.3) is 0 Å². The van der Waals surface area contributed by atoms with Gasteiger partial charge in [-0.3, -0.25) is 9.59 Å². The lowest BCUT2D eigenvalue weighted by Gasteiger charge is -2.40. The molecule has 3 aliphatic carbocycles. The van der Waals surface area contributed by atoms with Crippen LogP contribution >= 0.6 is 0 Å². The molecule has 276 valence electrons. The maximum atomic E-state index is 14.5. The third kappa shape index (κ3) is 7.75. The van der Waals surface area contributed by atoms with E-state index in [2.05, 4.69) is 44.1 Å². The van der Waals surface area contributed by atoms with Crippen LogP contribution in [-0.2, 0) is 33.3 Å². The van der Waals surface area contributed by atoms with Crippen LogP contribution < -0.4 is 0 Å². The highest BCUT2D eigenvalue weighted by atomic mass is 16.7. The second-order valence-electron chi connectivity index (χ2n) is 15.9. The summed E-state index contributed by atoms with van der Waals surface area (Å²) < 4.78 is 31.0. The van der Waals surface area contributed by atoms with Crippen LogP contribution in [0.2, 0.25) is 0 Å². The van der Waals surface area contributed by atoms with Gasteiger partial charge in [0, 0.05) is 17.9 Å². The molecule has 4 fully saturated rings. The molecule has 0 bridgehead atoms. The van der Waals surface area contributed by atoms with E-state index >= 15 is 0 Å². The topological polar surface area (TPSA) is 144 Å². The molecule has 49 heavy (non-hydrogen) atoms. The van der Waals surface area contributed by atoms with Gasteiger partial charge in [-0.05, 0) is 109 Å². The Morgan fingerprint density at radius 3 is 2.37 bits per heavy atom. The van der Waals surface area contributed by atoms with Gasteiger partial charge in [0.15, 0.2) is 18.4 Å². The van der Waals surface area contributed by atoms with Crippen LogP contribution in [0.5, 0.6) is 0 Å². The number of carbonyl (C=O) groups is 2. The molecule has 0 aromatic heterocycles. The minimum Gasteiger partial charge on any atom is -0.462 e. The van der Waals surface area contributed by atoms with Crippen molar-refractivity contribution in [2.24, 2.45) is 35.5 Å². The highest BCUT2D eigenvalue weighted by Gasteiger charge is 2.52. The van der Waals surface area contributed by atoms with Gasteiger partial charge < -0.3 is 43.9 Å². The number of aliphatic hydroxyl groups excluding tert-OH is 3. The number of ketones is 1. The lowest BCUT2D eigenvalue weighted by atomic mass is 9.70. The molecule has 0 aromatic rings. The van der Waals surface area contributed by atoms with Crippen LogP contribution in [0.3, 0.4) is 0 Å². The third-order valence-corrected chi connectivity index (χ3v) is 12.5. The maximum absolute atomic E-state index is 14.5. The van der Waals surface area contributed by atoms with Gasteiger partial charge in [0.1, 0.15) is 24.4 Å². The summed E-state index contributed by atoms with van der Waals surface area (Å²) in [5, 5.41) is 31.0. The first-order valence-electron chi connectivity index (χ1n) is 18.8. The van der Waals surface area contributed by atoms with Gasteiger partial charge in [-0.15, -0.1) is 0 Å². The number of carbonyl (C=O) groups excluding carboxylic acids is 2. The monoisotopic (exact) mass is 689 g/mol. The second-order valence-corrected chi connectivity index (χ2v) is 15.9. The molecule has 11 heteroatoms. The smallest absolute Gasteiger partial charge is 0.306 e. The van der Waals surface area contributed by atoms with Gasteiger partial charge in [-0.25, -0.2) is 0 Å². The molecule has 3 aliphatic heterocycles. The summed E-state index contributed by atoms with van der Waals surface area (Å²) in [6, 6.07) is 0.323. The van der Waals surface area contributed by atoms with Crippen molar-refractivity contribution in [3.63, 3.8) is 0 Å². The fourth-order valence-corrected chi connectivity index (χ4v) is 9.60. The van der Waals surface area contributed by atoms with Crippen LogP contribution in [0.4, 0.5) is 0 Å². The number of hydrogen-bond donors (Lipinski definition) is 3. The van der Waals surface area contributed by atoms with E-state index in [1.165, 1.54) is 0 Å². The fourth-order valence-electron chi connectivity index (χ4n) is 9.60. The van der Waals surface area contributed by atoms with Crippen molar-refractivity contribution in [2.75, 3.05) is 14.1 Å². The number of fused-ring (bicyclic) bond motifs is 5. The largest absolute Gasteiger partial charge is 0.462 e. The molecular formula is C38H59NO10. The van der Waals surface area contributed by atoms with Crippen LogP contribution in [-0.4, -0.2) is 114 Å². The minimum atomic E-state index is -1.36. The molecule has 6 aliphatic rings. The lowest BCUT2D eigenvalue weighted by molar-refractivity contribution is -0.303. The summed E-state index contributed by atoms with van der Waals surface area (Å²) in [6.45, 7) is 7.75. The van der Waals surface area contributed by atoms with Crippen molar-refractivity contribution < 1.29 is 48.6 Å². The van der Waals surface area contributed by atoms with Gasteiger partial charge in [0.05, 0.1) is 30.8 Å². The van der Waals surface area contributed by atoms with Gasteiger partial charge in [-0.2, -0.15) is 0 Å². The van der Waals surface area contributed by atoms with Crippen LogP contribution in [0.25, 0.3) is 0 Å². The normalized spacial score (nSPS) is 47.8. The van der Waals surface area contributed by atoms with E-state index in [0.29, 0.717) is 30.9 Å². The lowest BCUT2D eigenvalue weighted by Crippen LogP contribution is -2.57. The standard InChI is InChI=1S/C38H59NO10/c1-7-23-9-8-10-31(49-33-14-13-30(39(5)6)20(3)45-33)19(2)34(41)29-17-27-25(28(29)18-32(40)47-23)12-11-22-15-24(16-26(22)27)48-38-37(44)36(43)35(42)21(4)46-38/h11-12,17,19-28,30-31,33,35-38,42-44H,7-10,13-16,18H2,1-6H3/t19-,20-,21+,22?,23+,24-,25?,26?,27?,28?,30-,31?,33?,35+,36-,37+,38?/m1/s1. The van der Waals surface area contributed by atoms with Crippen LogP contribution in [0, 0.1) is 35.5 Å². The fraction of sp³-hybridized carbons (Fsp3) is 0.842. The van der Waals surface area contributed by atoms with Gasteiger partial charge in [-0.1, -0.05) is 32.1 Å². The van der Waals surface area contributed by atoms with E-state index in [1.807, 2.05) is 13.8 Å². The number of rotatable bonds is 6. The van der Waals surface area contributed by atoms with Crippen molar-refractivity contribution in [3.05, 3.63) is 23.8 Å². The van der Waals surface area contributed by atoms with E-state index in [4.69, 9.17) is 23.7 Å². The van der Waals surface area contributed by atoms with E-state index in [9.17, 15) is 24.9 Å². The summed E-state index contributed by atoms with van der Waals surface area (Å²) >= 11 is 0. The number of esters is 1.